The van der Waals surface area contributed by atoms with Crippen LogP contribution in [0.25, 0.3) is 0 Å². The van der Waals surface area contributed by atoms with Crippen molar-refractivity contribution >= 4 is 5.91 Å². The highest BCUT2D eigenvalue weighted by Crippen LogP contribution is 2.45. The van der Waals surface area contributed by atoms with Gasteiger partial charge in [0.2, 0.25) is 0 Å². The molecule has 2 fully saturated rings. The number of carbonyl (C=O) groups is 1. The summed E-state index contributed by atoms with van der Waals surface area (Å²) in [6.07, 6.45) is 4.94. The van der Waals surface area contributed by atoms with Crippen molar-refractivity contribution < 1.29 is 18.7 Å². The SMILES string of the molecule is COc1cccc2c1C1(CCN(C(=O)c3ccc(CN4CCCC4)o3)CC1)OCC2. The van der Waals surface area contributed by atoms with Gasteiger partial charge in [0, 0.05) is 18.7 Å². The van der Waals surface area contributed by atoms with E-state index in [-0.39, 0.29) is 11.5 Å². The molecule has 6 nitrogen and oxygen atoms in total. The van der Waals surface area contributed by atoms with Crippen LogP contribution in [0.3, 0.4) is 0 Å². The molecule has 0 N–H and O–H groups in total. The Morgan fingerprint density at radius 1 is 1.10 bits per heavy atom. The number of hydrogen-bond donors (Lipinski definition) is 0. The van der Waals surface area contributed by atoms with Crippen molar-refractivity contribution in [3.63, 3.8) is 0 Å². The van der Waals surface area contributed by atoms with Crippen molar-refractivity contribution in [2.24, 2.45) is 0 Å². The smallest absolute Gasteiger partial charge is 0.289 e. The quantitative estimate of drug-likeness (QED) is 0.771. The number of methoxy groups -OCH3 is 1. The van der Waals surface area contributed by atoms with Crippen LogP contribution in [0.2, 0.25) is 0 Å². The number of hydrogen-bond acceptors (Lipinski definition) is 5. The predicted molar refractivity (Wildman–Crippen MR) is 113 cm³/mol. The van der Waals surface area contributed by atoms with E-state index in [4.69, 9.17) is 13.9 Å². The van der Waals surface area contributed by atoms with Crippen molar-refractivity contribution in [2.75, 3.05) is 39.9 Å². The summed E-state index contributed by atoms with van der Waals surface area (Å²) in [6.45, 7) is 5.04. The third-order valence-corrected chi connectivity index (χ3v) is 6.85. The summed E-state index contributed by atoms with van der Waals surface area (Å²) in [6, 6.07) is 10.0. The zero-order chi connectivity index (χ0) is 20.6. The zero-order valence-corrected chi connectivity index (χ0v) is 17.7. The molecule has 1 spiro atoms. The van der Waals surface area contributed by atoms with E-state index in [1.807, 2.05) is 29.2 Å². The van der Waals surface area contributed by atoms with E-state index < -0.39 is 0 Å². The second-order valence-corrected chi connectivity index (χ2v) is 8.63. The van der Waals surface area contributed by atoms with E-state index in [0.29, 0.717) is 25.5 Å². The van der Waals surface area contributed by atoms with Gasteiger partial charge in [-0.2, -0.15) is 0 Å². The Bertz CT molecular complexity index is 893. The molecule has 1 aromatic carbocycles. The molecule has 6 heteroatoms. The maximum Gasteiger partial charge on any atom is 0.289 e. The molecule has 0 bridgehead atoms. The fraction of sp³-hybridized carbons (Fsp3) is 0.542. The third-order valence-electron chi connectivity index (χ3n) is 6.85. The number of rotatable bonds is 4. The number of nitrogens with zero attached hydrogens (tertiary/aromatic N) is 2. The third kappa shape index (κ3) is 3.52. The van der Waals surface area contributed by atoms with Gasteiger partial charge in [0.05, 0.1) is 20.3 Å². The second-order valence-electron chi connectivity index (χ2n) is 8.63. The van der Waals surface area contributed by atoms with Gasteiger partial charge >= 0.3 is 0 Å². The van der Waals surface area contributed by atoms with Crippen LogP contribution >= 0.6 is 0 Å². The number of piperidine rings is 1. The Labute approximate surface area is 177 Å². The molecule has 160 valence electrons. The summed E-state index contributed by atoms with van der Waals surface area (Å²) in [4.78, 5) is 17.3. The first kappa shape index (κ1) is 19.6. The van der Waals surface area contributed by atoms with Crippen LogP contribution < -0.4 is 4.74 Å². The normalized spacial score (nSPS) is 21.0. The van der Waals surface area contributed by atoms with Crippen LogP contribution in [0.15, 0.2) is 34.7 Å². The summed E-state index contributed by atoms with van der Waals surface area (Å²) >= 11 is 0. The van der Waals surface area contributed by atoms with Gasteiger partial charge in [0.25, 0.3) is 5.91 Å². The Kier molecular flexibility index (Phi) is 5.29. The summed E-state index contributed by atoms with van der Waals surface area (Å²) in [5, 5.41) is 0. The highest BCUT2D eigenvalue weighted by Gasteiger charge is 2.44. The number of likely N-dealkylation sites (tertiary alicyclic amines) is 2. The van der Waals surface area contributed by atoms with Crippen molar-refractivity contribution in [2.45, 2.75) is 44.2 Å². The molecule has 0 radical (unpaired) electrons. The lowest BCUT2D eigenvalue weighted by atomic mass is 9.78. The van der Waals surface area contributed by atoms with Crippen molar-refractivity contribution in [1.29, 1.82) is 0 Å². The Balaban J connectivity index is 1.28. The van der Waals surface area contributed by atoms with Gasteiger partial charge in [-0.3, -0.25) is 9.69 Å². The standard InChI is InChI=1S/C24H30N2O4/c1-28-20-6-4-5-18-9-16-29-24(22(18)20)10-14-26(15-11-24)23(27)21-8-7-19(30-21)17-25-12-2-3-13-25/h4-8H,2-3,9-17H2,1H3. The van der Waals surface area contributed by atoms with Crippen molar-refractivity contribution in [1.82, 2.24) is 9.80 Å². The number of fused-ring (bicyclic) bond motifs is 2. The predicted octanol–water partition coefficient (Wildman–Crippen LogP) is 3.59. The molecule has 0 atom stereocenters. The number of carbonyl (C=O) groups excluding carboxylic acids is 1. The van der Waals surface area contributed by atoms with Crippen LogP contribution in [0, 0.1) is 0 Å². The minimum absolute atomic E-state index is 0.0198. The molecule has 3 aliphatic rings. The van der Waals surface area contributed by atoms with Crippen LogP contribution in [0.4, 0.5) is 0 Å². The summed E-state index contributed by atoms with van der Waals surface area (Å²) < 4.78 is 17.9. The molecule has 0 aliphatic carbocycles. The van der Waals surface area contributed by atoms with E-state index in [0.717, 1.165) is 50.4 Å². The minimum atomic E-state index is -0.360. The number of benzene rings is 1. The topological polar surface area (TPSA) is 55.2 Å². The van der Waals surface area contributed by atoms with Crippen molar-refractivity contribution in [3.05, 3.63) is 53.0 Å². The summed E-state index contributed by atoms with van der Waals surface area (Å²) in [5.41, 5.74) is 2.12. The lowest BCUT2D eigenvalue weighted by Crippen LogP contribution is -2.48. The molecule has 1 aromatic heterocycles. The van der Waals surface area contributed by atoms with E-state index in [1.165, 1.54) is 24.0 Å². The average Bonchev–Trinajstić information content (AvgIpc) is 3.46. The lowest BCUT2D eigenvalue weighted by molar-refractivity contribution is -0.0948. The average molecular weight is 411 g/mol. The molecular weight excluding hydrogens is 380 g/mol. The van der Waals surface area contributed by atoms with E-state index in [1.54, 1.807) is 7.11 Å². The van der Waals surface area contributed by atoms with E-state index in [9.17, 15) is 4.79 Å². The second kappa shape index (κ2) is 8.08. The van der Waals surface area contributed by atoms with E-state index in [2.05, 4.69) is 11.0 Å². The van der Waals surface area contributed by atoms with Crippen LogP contribution in [-0.4, -0.2) is 55.6 Å². The maximum atomic E-state index is 13.0. The highest BCUT2D eigenvalue weighted by molar-refractivity contribution is 5.91. The Hall–Kier alpha value is -2.31. The van der Waals surface area contributed by atoms with Crippen LogP contribution in [0.1, 0.15) is 53.1 Å². The number of ether oxygens (including phenoxy) is 2. The van der Waals surface area contributed by atoms with Gasteiger partial charge in [-0.05, 0) is 69.0 Å². The van der Waals surface area contributed by atoms with Crippen LogP contribution in [0.5, 0.6) is 5.75 Å². The van der Waals surface area contributed by atoms with Gasteiger partial charge in [-0.25, -0.2) is 0 Å². The maximum absolute atomic E-state index is 13.0. The zero-order valence-electron chi connectivity index (χ0n) is 17.7. The first-order valence-electron chi connectivity index (χ1n) is 11.1. The van der Waals surface area contributed by atoms with Gasteiger partial charge < -0.3 is 18.8 Å². The molecule has 1 amide bonds. The van der Waals surface area contributed by atoms with Gasteiger partial charge in [0.15, 0.2) is 5.76 Å². The molecule has 0 unspecified atom stereocenters. The Morgan fingerprint density at radius 2 is 1.90 bits per heavy atom. The molecule has 5 rings (SSSR count). The molecule has 30 heavy (non-hydrogen) atoms. The van der Waals surface area contributed by atoms with E-state index >= 15 is 0 Å². The van der Waals surface area contributed by atoms with Crippen molar-refractivity contribution in [3.8, 4) is 5.75 Å². The highest BCUT2D eigenvalue weighted by atomic mass is 16.5. The summed E-state index contributed by atoms with van der Waals surface area (Å²) in [7, 11) is 1.72. The Morgan fingerprint density at radius 3 is 2.67 bits per heavy atom. The fourth-order valence-corrected chi connectivity index (χ4v) is 5.26. The number of amides is 1. The monoisotopic (exact) mass is 410 g/mol. The fourth-order valence-electron chi connectivity index (χ4n) is 5.26. The first-order chi connectivity index (χ1) is 14.7. The summed E-state index contributed by atoms with van der Waals surface area (Å²) in [5.74, 6) is 2.20. The first-order valence-corrected chi connectivity index (χ1v) is 11.1. The molecule has 0 saturated carbocycles. The molecule has 2 saturated heterocycles. The lowest BCUT2D eigenvalue weighted by Gasteiger charge is -2.45. The molecule has 2 aromatic rings. The molecule has 4 heterocycles. The van der Waals surface area contributed by atoms with Gasteiger partial charge in [0.1, 0.15) is 17.1 Å². The number of furan rings is 1. The van der Waals surface area contributed by atoms with Gasteiger partial charge in [-0.15, -0.1) is 0 Å². The molecular formula is C24H30N2O4. The minimum Gasteiger partial charge on any atom is -0.496 e. The largest absolute Gasteiger partial charge is 0.496 e. The van der Waals surface area contributed by atoms with Gasteiger partial charge in [-0.1, -0.05) is 12.1 Å². The molecule has 3 aliphatic heterocycles. The van der Waals surface area contributed by atoms with Crippen LogP contribution in [-0.2, 0) is 23.3 Å².